The van der Waals surface area contributed by atoms with Gasteiger partial charge < -0.3 is 4.74 Å². The van der Waals surface area contributed by atoms with Crippen LogP contribution in [-0.2, 0) is 19.6 Å². The van der Waals surface area contributed by atoms with E-state index in [1.807, 2.05) is 0 Å². The summed E-state index contributed by atoms with van der Waals surface area (Å²) in [7, 11) is -2.33. The summed E-state index contributed by atoms with van der Waals surface area (Å²) in [6.07, 6.45) is 1.28. The lowest BCUT2D eigenvalue weighted by Gasteiger charge is -2.30. The van der Waals surface area contributed by atoms with E-state index < -0.39 is 15.9 Å². The van der Waals surface area contributed by atoms with Crippen LogP contribution < -0.4 is 0 Å². The lowest BCUT2D eigenvalue weighted by molar-refractivity contribution is -0.146. The van der Waals surface area contributed by atoms with Crippen LogP contribution in [-0.4, -0.2) is 38.9 Å². The molecule has 21 heavy (non-hydrogen) atoms. The van der Waals surface area contributed by atoms with Gasteiger partial charge in [0.2, 0.25) is 10.0 Å². The maximum atomic E-state index is 12.7. The summed E-state index contributed by atoms with van der Waals surface area (Å²) in [6.45, 7) is 2.29. The Labute approximate surface area is 129 Å². The van der Waals surface area contributed by atoms with Gasteiger partial charge in [0.25, 0.3) is 0 Å². The number of rotatable bonds is 3. The summed E-state index contributed by atoms with van der Waals surface area (Å²) in [6, 6.07) is 4.79. The summed E-state index contributed by atoms with van der Waals surface area (Å²) < 4.78 is 31.5. The molecule has 0 amide bonds. The number of methoxy groups -OCH3 is 1. The van der Waals surface area contributed by atoms with Crippen LogP contribution in [0, 0.1) is 12.8 Å². The van der Waals surface area contributed by atoms with Gasteiger partial charge in [0, 0.05) is 18.1 Å². The van der Waals surface area contributed by atoms with Crippen LogP contribution in [0.1, 0.15) is 18.4 Å². The molecule has 0 spiro atoms. The molecule has 1 aromatic rings. The molecule has 1 aliphatic rings. The minimum Gasteiger partial charge on any atom is -0.469 e. The molecule has 1 atom stereocenters. The minimum absolute atomic E-state index is 0.154. The van der Waals surface area contributed by atoms with Crippen molar-refractivity contribution in [2.75, 3.05) is 20.2 Å². The summed E-state index contributed by atoms with van der Waals surface area (Å²) in [5, 5.41) is 0.376. The van der Waals surface area contributed by atoms with Crippen molar-refractivity contribution in [1.29, 1.82) is 0 Å². The predicted molar refractivity (Wildman–Crippen MR) is 79.7 cm³/mol. The molecule has 0 aliphatic carbocycles. The van der Waals surface area contributed by atoms with Crippen LogP contribution in [0.5, 0.6) is 0 Å². The molecule has 1 aromatic carbocycles. The molecule has 0 bridgehead atoms. The molecule has 7 heteroatoms. The largest absolute Gasteiger partial charge is 0.469 e. The maximum Gasteiger partial charge on any atom is 0.309 e. The van der Waals surface area contributed by atoms with E-state index in [1.54, 1.807) is 19.1 Å². The van der Waals surface area contributed by atoms with Gasteiger partial charge in [-0.1, -0.05) is 17.7 Å². The van der Waals surface area contributed by atoms with Crippen LogP contribution >= 0.6 is 11.6 Å². The Morgan fingerprint density at radius 2 is 2.14 bits per heavy atom. The number of esters is 1. The minimum atomic E-state index is -3.65. The Hall–Kier alpha value is -1.11. The molecule has 1 fully saturated rings. The zero-order valence-electron chi connectivity index (χ0n) is 12.0. The van der Waals surface area contributed by atoms with Crippen LogP contribution in [0.2, 0.25) is 5.02 Å². The van der Waals surface area contributed by atoms with Crippen molar-refractivity contribution in [1.82, 2.24) is 4.31 Å². The van der Waals surface area contributed by atoms with E-state index in [9.17, 15) is 13.2 Å². The van der Waals surface area contributed by atoms with Crippen molar-refractivity contribution < 1.29 is 17.9 Å². The van der Waals surface area contributed by atoms with E-state index in [0.29, 0.717) is 30.0 Å². The van der Waals surface area contributed by atoms with Gasteiger partial charge in [0.05, 0.1) is 17.9 Å². The Morgan fingerprint density at radius 1 is 1.43 bits per heavy atom. The van der Waals surface area contributed by atoms with Crippen molar-refractivity contribution in [2.24, 2.45) is 5.92 Å². The van der Waals surface area contributed by atoms with Crippen LogP contribution in [0.4, 0.5) is 0 Å². The predicted octanol–water partition coefficient (Wildman–Crippen LogP) is 2.22. The van der Waals surface area contributed by atoms with E-state index in [-0.39, 0.29) is 17.4 Å². The quantitative estimate of drug-likeness (QED) is 0.797. The number of hydrogen-bond acceptors (Lipinski definition) is 4. The summed E-state index contributed by atoms with van der Waals surface area (Å²) in [5.74, 6) is -0.768. The van der Waals surface area contributed by atoms with E-state index >= 15 is 0 Å². The normalized spacial score (nSPS) is 20.2. The van der Waals surface area contributed by atoms with Crippen molar-refractivity contribution in [3.05, 3.63) is 28.8 Å². The Morgan fingerprint density at radius 3 is 2.81 bits per heavy atom. The van der Waals surface area contributed by atoms with Gasteiger partial charge in [-0.2, -0.15) is 4.31 Å². The molecule has 0 aromatic heterocycles. The number of hydrogen-bond donors (Lipinski definition) is 0. The van der Waals surface area contributed by atoms with Gasteiger partial charge in [0.1, 0.15) is 0 Å². The maximum absolute atomic E-state index is 12.7. The number of benzene rings is 1. The van der Waals surface area contributed by atoms with Crippen LogP contribution in [0.15, 0.2) is 23.1 Å². The van der Waals surface area contributed by atoms with E-state index in [0.717, 1.165) is 0 Å². The number of ether oxygens (including phenoxy) is 1. The molecule has 2 rings (SSSR count). The molecule has 0 radical (unpaired) electrons. The topological polar surface area (TPSA) is 63.7 Å². The van der Waals surface area contributed by atoms with E-state index in [1.165, 1.54) is 17.5 Å². The fourth-order valence-corrected chi connectivity index (χ4v) is 4.52. The average molecular weight is 332 g/mol. The van der Waals surface area contributed by atoms with Crippen LogP contribution in [0.25, 0.3) is 0 Å². The standard InChI is InChI=1S/C14H18ClNO4S/c1-10-5-6-12(15)8-13(10)21(18,19)16-7-3-4-11(9-16)14(17)20-2/h5-6,8,11H,3-4,7,9H2,1-2H3/t11-/m0/s1. The Kier molecular flexibility index (Phi) is 4.91. The number of nitrogens with zero attached hydrogens (tertiary/aromatic N) is 1. The average Bonchev–Trinajstić information content (AvgIpc) is 2.49. The lowest BCUT2D eigenvalue weighted by Crippen LogP contribution is -2.42. The van der Waals surface area contributed by atoms with Crippen molar-refractivity contribution >= 4 is 27.6 Å². The second-order valence-electron chi connectivity index (χ2n) is 5.14. The molecule has 0 saturated carbocycles. The Bertz CT molecular complexity index is 644. The molecule has 116 valence electrons. The highest BCUT2D eigenvalue weighted by Gasteiger charge is 2.34. The van der Waals surface area contributed by atoms with Gasteiger partial charge in [-0.15, -0.1) is 0 Å². The fraction of sp³-hybridized carbons (Fsp3) is 0.500. The first-order valence-electron chi connectivity index (χ1n) is 6.70. The number of halogens is 1. The number of piperidine rings is 1. The molecular weight excluding hydrogens is 314 g/mol. The SMILES string of the molecule is COC(=O)[C@H]1CCCN(S(=O)(=O)c2cc(Cl)ccc2C)C1. The third kappa shape index (κ3) is 3.39. The fourth-order valence-electron chi connectivity index (χ4n) is 2.51. The van der Waals surface area contributed by atoms with Crippen LogP contribution in [0.3, 0.4) is 0 Å². The zero-order chi connectivity index (χ0) is 15.6. The van der Waals surface area contributed by atoms with Gasteiger partial charge in [-0.3, -0.25) is 4.79 Å². The van der Waals surface area contributed by atoms with Crippen molar-refractivity contribution in [2.45, 2.75) is 24.7 Å². The molecule has 0 unspecified atom stereocenters. The zero-order valence-corrected chi connectivity index (χ0v) is 13.6. The molecule has 1 heterocycles. The second kappa shape index (κ2) is 6.34. The summed E-state index contributed by atoms with van der Waals surface area (Å²) >= 11 is 5.91. The second-order valence-corrected chi connectivity index (χ2v) is 7.48. The number of carbonyl (C=O) groups is 1. The van der Waals surface area contributed by atoms with Crippen molar-refractivity contribution in [3.8, 4) is 0 Å². The third-order valence-corrected chi connectivity index (χ3v) is 5.93. The van der Waals surface area contributed by atoms with E-state index in [2.05, 4.69) is 0 Å². The first kappa shape index (κ1) is 16.3. The van der Waals surface area contributed by atoms with Crippen molar-refractivity contribution in [3.63, 3.8) is 0 Å². The number of sulfonamides is 1. The van der Waals surface area contributed by atoms with Gasteiger partial charge in [-0.05, 0) is 37.5 Å². The van der Waals surface area contributed by atoms with Gasteiger partial charge in [0.15, 0.2) is 0 Å². The highest BCUT2D eigenvalue weighted by atomic mass is 35.5. The highest BCUT2D eigenvalue weighted by Crippen LogP contribution is 2.27. The summed E-state index contributed by atoms with van der Waals surface area (Å²) in [4.78, 5) is 11.8. The molecule has 0 N–H and O–H groups in total. The first-order valence-corrected chi connectivity index (χ1v) is 8.52. The molecule has 1 aliphatic heterocycles. The van der Waals surface area contributed by atoms with E-state index in [4.69, 9.17) is 16.3 Å². The smallest absolute Gasteiger partial charge is 0.309 e. The Balaban J connectivity index is 2.31. The monoisotopic (exact) mass is 331 g/mol. The van der Waals surface area contributed by atoms with Gasteiger partial charge in [-0.25, -0.2) is 8.42 Å². The number of carbonyl (C=O) groups excluding carboxylic acids is 1. The summed E-state index contributed by atoms with van der Waals surface area (Å²) in [5.41, 5.74) is 0.639. The first-order chi connectivity index (χ1) is 9.86. The third-order valence-electron chi connectivity index (χ3n) is 3.69. The lowest BCUT2D eigenvalue weighted by atomic mass is 10.0. The van der Waals surface area contributed by atoms with Gasteiger partial charge >= 0.3 is 5.97 Å². The molecule has 1 saturated heterocycles. The molecule has 5 nitrogen and oxygen atoms in total. The molecular formula is C14H18ClNO4S. The number of aryl methyl sites for hydroxylation is 1. The highest BCUT2D eigenvalue weighted by molar-refractivity contribution is 7.89.